The predicted molar refractivity (Wildman–Crippen MR) is 78.3 cm³/mol. The minimum Gasteiger partial charge on any atom is -0.436 e. The molecule has 96 valence electrons. The fourth-order valence-corrected chi connectivity index (χ4v) is 2.27. The summed E-state index contributed by atoms with van der Waals surface area (Å²) in [6, 6.07) is 9.31. The molecular weight excluding hydrogens is 260 g/mol. The third-order valence-electron chi connectivity index (χ3n) is 3.23. The second-order valence-electron chi connectivity index (χ2n) is 4.66. The van der Waals surface area contributed by atoms with Crippen LogP contribution in [0.25, 0.3) is 22.6 Å². The molecule has 0 bridgehead atoms. The van der Waals surface area contributed by atoms with Gasteiger partial charge in [0.05, 0.1) is 10.6 Å². The smallest absolute Gasteiger partial charge is 0.228 e. The maximum atomic E-state index is 6.17. The monoisotopic (exact) mass is 272 g/mol. The minimum atomic E-state index is 0.519. The van der Waals surface area contributed by atoms with Crippen LogP contribution < -0.4 is 5.73 Å². The first-order chi connectivity index (χ1) is 9.04. The first-order valence-electron chi connectivity index (χ1n) is 5.98. The zero-order valence-corrected chi connectivity index (χ0v) is 11.5. The summed E-state index contributed by atoms with van der Waals surface area (Å²) in [6.45, 7) is 4.10. The zero-order chi connectivity index (χ0) is 13.6. The van der Waals surface area contributed by atoms with E-state index in [1.807, 2.05) is 25.1 Å². The van der Waals surface area contributed by atoms with Gasteiger partial charge in [-0.25, -0.2) is 4.98 Å². The van der Waals surface area contributed by atoms with Crippen molar-refractivity contribution in [2.24, 2.45) is 0 Å². The van der Waals surface area contributed by atoms with Crippen LogP contribution in [0.15, 0.2) is 34.7 Å². The maximum absolute atomic E-state index is 6.17. The molecule has 0 aliphatic carbocycles. The van der Waals surface area contributed by atoms with Gasteiger partial charge < -0.3 is 10.2 Å². The molecule has 0 aliphatic rings. The summed E-state index contributed by atoms with van der Waals surface area (Å²) in [6.07, 6.45) is 0. The van der Waals surface area contributed by atoms with Crippen LogP contribution in [-0.2, 0) is 0 Å². The molecule has 4 heteroatoms. The van der Waals surface area contributed by atoms with Gasteiger partial charge in [0.2, 0.25) is 5.89 Å². The summed E-state index contributed by atoms with van der Waals surface area (Å²) >= 11 is 6.17. The van der Waals surface area contributed by atoms with Crippen molar-refractivity contribution in [1.29, 1.82) is 0 Å². The molecule has 0 atom stereocenters. The average Bonchev–Trinajstić information content (AvgIpc) is 2.72. The van der Waals surface area contributed by atoms with E-state index in [1.165, 1.54) is 11.1 Å². The molecular formula is C15H13ClN2O. The SMILES string of the molecule is Cc1cc2nc(-c3ccc(N)cc3Cl)oc2cc1C. The number of oxazole rings is 1. The van der Waals surface area contributed by atoms with E-state index in [9.17, 15) is 0 Å². The number of hydrogen-bond acceptors (Lipinski definition) is 3. The quantitative estimate of drug-likeness (QED) is 0.670. The van der Waals surface area contributed by atoms with Crippen LogP contribution in [-0.4, -0.2) is 4.98 Å². The standard InChI is InChI=1S/C15H13ClN2O/c1-8-5-13-14(6-9(8)2)19-15(18-13)11-4-3-10(17)7-12(11)16/h3-7H,17H2,1-2H3. The predicted octanol–water partition coefficient (Wildman–Crippen LogP) is 4.35. The van der Waals surface area contributed by atoms with Crippen LogP contribution in [0.2, 0.25) is 5.02 Å². The van der Waals surface area contributed by atoms with E-state index in [0.29, 0.717) is 16.6 Å². The lowest BCUT2D eigenvalue weighted by Gasteiger charge is -2.00. The van der Waals surface area contributed by atoms with Crippen LogP contribution in [0.3, 0.4) is 0 Å². The van der Waals surface area contributed by atoms with Gasteiger partial charge in [0.1, 0.15) is 5.52 Å². The summed E-state index contributed by atoms with van der Waals surface area (Å²) in [7, 11) is 0. The first kappa shape index (κ1) is 12.1. The molecule has 0 aliphatic heterocycles. The highest BCUT2D eigenvalue weighted by atomic mass is 35.5. The number of nitrogens with two attached hydrogens (primary N) is 1. The molecule has 0 saturated heterocycles. The van der Waals surface area contributed by atoms with Crippen LogP contribution in [0.1, 0.15) is 11.1 Å². The van der Waals surface area contributed by atoms with E-state index in [-0.39, 0.29) is 0 Å². The molecule has 19 heavy (non-hydrogen) atoms. The number of fused-ring (bicyclic) bond motifs is 1. The van der Waals surface area contributed by atoms with E-state index in [4.69, 9.17) is 21.8 Å². The van der Waals surface area contributed by atoms with Crippen molar-refractivity contribution in [2.45, 2.75) is 13.8 Å². The second kappa shape index (κ2) is 4.28. The van der Waals surface area contributed by atoms with Gasteiger partial charge in [0, 0.05) is 5.69 Å². The van der Waals surface area contributed by atoms with Gasteiger partial charge in [-0.1, -0.05) is 11.6 Å². The summed E-state index contributed by atoms with van der Waals surface area (Å²) in [5.41, 5.74) is 11.0. The van der Waals surface area contributed by atoms with Gasteiger partial charge in [0.25, 0.3) is 0 Å². The lowest BCUT2D eigenvalue weighted by molar-refractivity contribution is 0.619. The van der Waals surface area contributed by atoms with E-state index in [1.54, 1.807) is 12.1 Å². The lowest BCUT2D eigenvalue weighted by Crippen LogP contribution is -1.86. The molecule has 3 aromatic rings. The Kier molecular flexibility index (Phi) is 2.72. The minimum absolute atomic E-state index is 0.519. The van der Waals surface area contributed by atoms with Crippen LogP contribution in [0.5, 0.6) is 0 Å². The molecule has 0 amide bonds. The van der Waals surface area contributed by atoms with Crippen molar-refractivity contribution in [3.8, 4) is 11.5 Å². The largest absolute Gasteiger partial charge is 0.436 e. The van der Waals surface area contributed by atoms with E-state index >= 15 is 0 Å². The van der Waals surface area contributed by atoms with Crippen molar-refractivity contribution in [3.05, 3.63) is 46.5 Å². The van der Waals surface area contributed by atoms with Gasteiger partial charge in [0.15, 0.2) is 5.58 Å². The molecule has 3 rings (SSSR count). The summed E-state index contributed by atoms with van der Waals surface area (Å²) in [5, 5.41) is 0.542. The number of nitrogens with zero attached hydrogens (tertiary/aromatic N) is 1. The zero-order valence-electron chi connectivity index (χ0n) is 10.7. The van der Waals surface area contributed by atoms with Gasteiger partial charge in [-0.3, -0.25) is 0 Å². The Bertz CT molecular complexity index is 738. The Hall–Kier alpha value is -2.00. The number of rotatable bonds is 1. The van der Waals surface area contributed by atoms with E-state index in [0.717, 1.165) is 16.7 Å². The summed E-state index contributed by atoms with van der Waals surface area (Å²) < 4.78 is 5.77. The van der Waals surface area contributed by atoms with Gasteiger partial charge in [-0.15, -0.1) is 0 Å². The molecule has 1 heterocycles. The molecule has 3 nitrogen and oxygen atoms in total. The number of halogens is 1. The number of hydrogen-bond donors (Lipinski definition) is 1. The van der Waals surface area contributed by atoms with E-state index in [2.05, 4.69) is 11.9 Å². The Labute approximate surface area is 116 Å². The lowest BCUT2D eigenvalue weighted by atomic mass is 10.1. The normalized spacial score (nSPS) is 11.1. The average molecular weight is 273 g/mol. The fraction of sp³-hybridized carbons (Fsp3) is 0.133. The van der Waals surface area contributed by atoms with Crippen molar-refractivity contribution in [3.63, 3.8) is 0 Å². The van der Waals surface area contributed by atoms with Crippen LogP contribution in [0, 0.1) is 13.8 Å². The highest BCUT2D eigenvalue weighted by Gasteiger charge is 2.12. The van der Waals surface area contributed by atoms with Crippen LogP contribution in [0.4, 0.5) is 5.69 Å². The Morgan fingerprint density at radius 3 is 2.58 bits per heavy atom. The highest BCUT2D eigenvalue weighted by molar-refractivity contribution is 6.33. The third-order valence-corrected chi connectivity index (χ3v) is 3.54. The van der Waals surface area contributed by atoms with Crippen molar-refractivity contribution in [2.75, 3.05) is 5.73 Å². The number of anilines is 1. The summed E-state index contributed by atoms with van der Waals surface area (Å²) in [4.78, 5) is 4.48. The number of benzene rings is 2. The van der Waals surface area contributed by atoms with Crippen molar-refractivity contribution in [1.82, 2.24) is 4.98 Å². The number of aryl methyl sites for hydroxylation is 2. The van der Waals surface area contributed by atoms with Gasteiger partial charge >= 0.3 is 0 Å². The van der Waals surface area contributed by atoms with Crippen molar-refractivity contribution >= 4 is 28.4 Å². The fourth-order valence-electron chi connectivity index (χ4n) is 2.00. The molecule has 1 aromatic heterocycles. The number of nitrogen functional groups attached to an aromatic ring is 1. The Morgan fingerprint density at radius 1 is 1.11 bits per heavy atom. The van der Waals surface area contributed by atoms with E-state index < -0.39 is 0 Å². The van der Waals surface area contributed by atoms with Crippen molar-refractivity contribution < 1.29 is 4.42 Å². The summed E-state index contributed by atoms with van der Waals surface area (Å²) in [5.74, 6) is 0.519. The van der Waals surface area contributed by atoms with Gasteiger partial charge in [-0.05, 0) is 55.3 Å². The first-order valence-corrected chi connectivity index (χ1v) is 6.35. The molecule has 0 unspecified atom stereocenters. The molecule has 0 fully saturated rings. The molecule has 2 aromatic carbocycles. The Morgan fingerprint density at radius 2 is 1.84 bits per heavy atom. The second-order valence-corrected chi connectivity index (χ2v) is 5.07. The Balaban J connectivity index is 2.20. The van der Waals surface area contributed by atoms with Crippen LogP contribution >= 0.6 is 11.6 Å². The molecule has 0 saturated carbocycles. The maximum Gasteiger partial charge on any atom is 0.228 e. The molecule has 0 spiro atoms. The van der Waals surface area contributed by atoms with Gasteiger partial charge in [-0.2, -0.15) is 0 Å². The third kappa shape index (κ3) is 2.06. The topological polar surface area (TPSA) is 52.0 Å². The molecule has 2 N–H and O–H groups in total. The molecule has 0 radical (unpaired) electrons. The number of aromatic nitrogens is 1. The highest BCUT2D eigenvalue weighted by Crippen LogP contribution is 2.32.